The van der Waals surface area contributed by atoms with E-state index in [2.05, 4.69) is 15.9 Å². The number of carbonyl (C=O) groups excluding carboxylic acids is 2. The second kappa shape index (κ2) is 5.56. The molecule has 2 aliphatic rings. The number of nitrogens with zero attached hydrogens (tertiary/aromatic N) is 1. The molecule has 0 atom stereocenters. The van der Waals surface area contributed by atoms with Crippen molar-refractivity contribution >= 4 is 33.4 Å². The van der Waals surface area contributed by atoms with Crippen LogP contribution in [0.3, 0.4) is 0 Å². The Morgan fingerprint density at radius 2 is 1.76 bits per heavy atom. The van der Waals surface area contributed by atoms with E-state index in [1.165, 1.54) is 17.7 Å². The van der Waals surface area contributed by atoms with Gasteiger partial charge in [-0.2, -0.15) is 0 Å². The summed E-state index contributed by atoms with van der Waals surface area (Å²) in [7, 11) is 0. The molecule has 1 saturated carbocycles. The van der Waals surface area contributed by atoms with Gasteiger partial charge in [0.2, 0.25) is 11.8 Å². The lowest BCUT2D eigenvalue weighted by Gasteiger charge is -2.25. The van der Waals surface area contributed by atoms with Gasteiger partial charge in [-0.1, -0.05) is 41.6 Å². The number of rotatable bonds is 1. The molecule has 1 spiro atoms. The zero-order valence-corrected chi connectivity index (χ0v) is 13.9. The van der Waals surface area contributed by atoms with Crippen molar-refractivity contribution in [3.05, 3.63) is 28.2 Å². The van der Waals surface area contributed by atoms with E-state index in [1.54, 1.807) is 0 Å². The molecule has 2 amide bonds. The summed E-state index contributed by atoms with van der Waals surface area (Å²) in [6, 6.07) is 5.71. The Bertz CT molecular complexity index is 588. The molecule has 1 aromatic carbocycles. The molecule has 3 rings (SSSR count). The van der Waals surface area contributed by atoms with Gasteiger partial charge < -0.3 is 0 Å². The summed E-state index contributed by atoms with van der Waals surface area (Å²) in [5.41, 5.74) is 1.28. The first-order valence-electron chi connectivity index (χ1n) is 7.67. The van der Waals surface area contributed by atoms with Crippen LogP contribution < -0.4 is 4.90 Å². The van der Waals surface area contributed by atoms with E-state index in [0.29, 0.717) is 6.42 Å². The maximum atomic E-state index is 13.0. The van der Waals surface area contributed by atoms with Crippen LogP contribution in [0.4, 0.5) is 5.69 Å². The number of hydrogen-bond acceptors (Lipinski definition) is 2. The van der Waals surface area contributed by atoms with Crippen LogP contribution >= 0.6 is 15.9 Å². The first-order valence-corrected chi connectivity index (χ1v) is 8.46. The molecule has 1 saturated heterocycles. The fourth-order valence-corrected chi connectivity index (χ4v) is 4.18. The maximum Gasteiger partial charge on any atom is 0.240 e. The molecule has 1 aromatic rings. The first-order chi connectivity index (χ1) is 10.0. The van der Waals surface area contributed by atoms with Gasteiger partial charge in [-0.25, -0.2) is 4.90 Å². The smallest absolute Gasteiger partial charge is 0.240 e. The second-order valence-electron chi connectivity index (χ2n) is 6.34. The van der Waals surface area contributed by atoms with Crippen LogP contribution in [0.15, 0.2) is 22.7 Å². The van der Waals surface area contributed by atoms with E-state index in [9.17, 15) is 9.59 Å². The summed E-state index contributed by atoms with van der Waals surface area (Å²) in [6.45, 7) is 1.94. The SMILES string of the molecule is Cc1cc(Br)ccc1N1C(=O)CC2(CCCCCC2)C1=O. The molecule has 0 bridgehead atoms. The van der Waals surface area contributed by atoms with E-state index in [4.69, 9.17) is 0 Å². The van der Waals surface area contributed by atoms with Crippen LogP contribution in [-0.4, -0.2) is 11.8 Å². The lowest BCUT2D eigenvalue weighted by molar-refractivity contribution is -0.126. The molecule has 3 nitrogen and oxygen atoms in total. The Balaban J connectivity index is 1.97. The molecular weight excluding hydrogens is 330 g/mol. The van der Waals surface area contributed by atoms with Crippen LogP contribution in [0.25, 0.3) is 0 Å². The summed E-state index contributed by atoms with van der Waals surface area (Å²) in [6.07, 6.45) is 6.61. The molecule has 0 unspecified atom stereocenters. The minimum Gasteiger partial charge on any atom is -0.274 e. The summed E-state index contributed by atoms with van der Waals surface area (Å²) in [5, 5.41) is 0. The highest BCUT2D eigenvalue weighted by atomic mass is 79.9. The fourth-order valence-electron chi connectivity index (χ4n) is 3.70. The molecule has 2 fully saturated rings. The van der Waals surface area contributed by atoms with Gasteiger partial charge in [0.15, 0.2) is 0 Å². The van der Waals surface area contributed by atoms with Gasteiger partial charge in [0.1, 0.15) is 0 Å². The summed E-state index contributed by atoms with van der Waals surface area (Å²) < 4.78 is 0.965. The lowest BCUT2D eigenvalue weighted by atomic mass is 9.79. The standard InChI is InChI=1S/C17H20BrNO2/c1-12-10-13(18)6-7-14(12)19-15(20)11-17(16(19)21)8-4-2-3-5-9-17/h6-7,10H,2-5,8-9,11H2,1H3. The summed E-state index contributed by atoms with van der Waals surface area (Å²) in [5.74, 6) is -0.00727. The first kappa shape index (κ1) is 14.8. The van der Waals surface area contributed by atoms with Crippen molar-refractivity contribution in [2.45, 2.75) is 51.9 Å². The highest BCUT2D eigenvalue weighted by Crippen LogP contribution is 2.46. The Labute approximate surface area is 133 Å². The third kappa shape index (κ3) is 2.54. The van der Waals surface area contributed by atoms with Crippen LogP contribution in [-0.2, 0) is 9.59 Å². The third-order valence-electron chi connectivity index (χ3n) is 4.86. The molecule has 1 aliphatic carbocycles. The second-order valence-corrected chi connectivity index (χ2v) is 7.25. The predicted octanol–water partition coefficient (Wildman–Crippen LogP) is 4.36. The number of benzene rings is 1. The zero-order valence-electron chi connectivity index (χ0n) is 12.3. The molecule has 112 valence electrons. The molecule has 1 heterocycles. The van der Waals surface area contributed by atoms with Crippen molar-refractivity contribution in [2.75, 3.05) is 4.90 Å². The topological polar surface area (TPSA) is 37.4 Å². The lowest BCUT2D eigenvalue weighted by Crippen LogP contribution is -2.36. The Morgan fingerprint density at radius 3 is 2.38 bits per heavy atom. The van der Waals surface area contributed by atoms with Gasteiger partial charge in [0.05, 0.1) is 11.1 Å². The Hall–Kier alpha value is -1.16. The maximum absolute atomic E-state index is 13.0. The Morgan fingerprint density at radius 1 is 1.10 bits per heavy atom. The number of carbonyl (C=O) groups is 2. The summed E-state index contributed by atoms with van der Waals surface area (Å²) in [4.78, 5) is 26.9. The monoisotopic (exact) mass is 349 g/mol. The molecule has 21 heavy (non-hydrogen) atoms. The zero-order chi connectivity index (χ0) is 15.0. The van der Waals surface area contributed by atoms with Crippen LogP contribution in [0, 0.1) is 12.3 Å². The van der Waals surface area contributed by atoms with Crippen molar-refractivity contribution < 1.29 is 9.59 Å². The largest absolute Gasteiger partial charge is 0.274 e. The minimum atomic E-state index is -0.424. The normalized spacial score (nSPS) is 21.9. The molecule has 0 aromatic heterocycles. The highest BCUT2D eigenvalue weighted by molar-refractivity contribution is 9.10. The minimum absolute atomic E-state index is 0.0276. The van der Waals surface area contributed by atoms with Crippen molar-refractivity contribution in [1.82, 2.24) is 0 Å². The number of aryl methyl sites for hydroxylation is 1. The van der Waals surface area contributed by atoms with E-state index in [1.807, 2.05) is 25.1 Å². The average molecular weight is 350 g/mol. The summed E-state index contributed by atoms with van der Waals surface area (Å²) >= 11 is 3.43. The average Bonchev–Trinajstić information content (AvgIpc) is 2.60. The number of amides is 2. The highest BCUT2D eigenvalue weighted by Gasteiger charge is 2.51. The van der Waals surface area contributed by atoms with E-state index < -0.39 is 5.41 Å². The van der Waals surface area contributed by atoms with Crippen LogP contribution in [0.1, 0.15) is 50.5 Å². The molecular formula is C17H20BrNO2. The molecule has 0 N–H and O–H groups in total. The predicted molar refractivity (Wildman–Crippen MR) is 86.1 cm³/mol. The van der Waals surface area contributed by atoms with Gasteiger partial charge >= 0.3 is 0 Å². The molecule has 4 heteroatoms. The van der Waals surface area contributed by atoms with Gasteiger partial charge in [0.25, 0.3) is 0 Å². The van der Waals surface area contributed by atoms with Gasteiger partial charge in [-0.15, -0.1) is 0 Å². The van der Waals surface area contributed by atoms with Crippen LogP contribution in [0.5, 0.6) is 0 Å². The van der Waals surface area contributed by atoms with E-state index >= 15 is 0 Å². The van der Waals surface area contributed by atoms with E-state index in [0.717, 1.165) is 41.4 Å². The number of hydrogen-bond donors (Lipinski definition) is 0. The Kier molecular flexibility index (Phi) is 3.91. The van der Waals surface area contributed by atoms with Crippen molar-refractivity contribution in [1.29, 1.82) is 0 Å². The van der Waals surface area contributed by atoms with Crippen LogP contribution in [0.2, 0.25) is 0 Å². The van der Waals surface area contributed by atoms with E-state index in [-0.39, 0.29) is 11.8 Å². The third-order valence-corrected chi connectivity index (χ3v) is 5.35. The van der Waals surface area contributed by atoms with Gasteiger partial charge in [0, 0.05) is 10.9 Å². The van der Waals surface area contributed by atoms with Crippen molar-refractivity contribution in [2.24, 2.45) is 5.41 Å². The van der Waals surface area contributed by atoms with Gasteiger partial charge in [-0.3, -0.25) is 9.59 Å². The number of halogens is 1. The number of imide groups is 1. The van der Waals surface area contributed by atoms with Gasteiger partial charge in [-0.05, 0) is 43.5 Å². The van der Waals surface area contributed by atoms with Crippen molar-refractivity contribution in [3.63, 3.8) is 0 Å². The van der Waals surface area contributed by atoms with Crippen molar-refractivity contribution in [3.8, 4) is 0 Å². The fraction of sp³-hybridized carbons (Fsp3) is 0.529. The quantitative estimate of drug-likeness (QED) is 0.706. The molecule has 0 radical (unpaired) electrons. The molecule has 1 aliphatic heterocycles. The number of anilines is 1.